The molecular formula is C22H28FNO. The van der Waals surface area contributed by atoms with Gasteiger partial charge < -0.3 is 0 Å². The number of hydrogen-bond donors (Lipinski definition) is 0. The standard InChI is InChI=1S/C22H28FNO/c1-15(2)12-22(5,13-19(23)16(3)4)21(25)11-17-10-18-8-6-7-9-20(18)24-14-17/h6-10,14-15H,11-13H2,1-5H3. The third-order valence-corrected chi connectivity index (χ3v) is 4.63. The fraction of sp³-hybridized carbons (Fsp3) is 0.455. The second kappa shape index (κ2) is 7.90. The van der Waals surface area contributed by atoms with Crippen molar-refractivity contribution < 1.29 is 9.18 Å². The summed E-state index contributed by atoms with van der Waals surface area (Å²) >= 11 is 0. The van der Waals surface area contributed by atoms with Gasteiger partial charge in [-0.3, -0.25) is 9.78 Å². The number of pyridine rings is 1. The van der Waals surface area contributed by atoms with Crippen molar-refractivity contribution in [3.8, 4) is 0 Å². The summed E-state index contributed by atoms with van der Waals surface area (Å²) in [5, 5.41) is 1.02. The summed E-state index contributed by atoms with van der Waals surface area (Å²) in [7, 11) is 0. The Bertz CT molecular complexity index is 789. The van der Waals surface area contributed by atoms with Crippen molar-refractivity contribution in [1.82, 2.24) is 4.98 Å². The molecule has 2 aromatic rings. The Labute approximate surface area is 150 Å². The van der Waals surface area contributed by atoms with Gasteiger partial charge in [0.05, 0.1) is 11.3 Å². The van der Waals surface area contributed by atoms with Crippen LogP contribution in [0.25, 0.3) is 10.9 Å². The summed E-state index contributed by atoms with van der Waals surface area (Å²) in [6, 6.07) is 9.86. The molecule has 0 spiro atoms. The lowest BCUT2D eigenvalue weighted by atomic mass is 9.73. The molecule has 0 N–H and O–H groups in total. The van der Waals surface area contributed by atoms with Crippen molar-refractivity contribution >= 4 is 16.7 Å². The van der Waals surface area contributed by atoms with Crippen LogP contribution in [-0.2, 0) is 11.2 Å². The van der Waals surface area contributed by atoms with Gasteiger partial charge in [0.15, 0.2) is 0 Å². The lowest BCUT2D eigenvalue weighted by molar-refractivity contribution is -0.128. The topological polar surface area (TPSA) is 30.0 Å². The largest absolute Gasteiger partial charge is 0.299 e. The molecule has 0 saturated carbocycles. The highest BCUT2D eigenvalue weighted by Gasteiger charge is 2.35. The van der Waals surface area contributed by atoms with Crippen molar-refractivity contribution in [2.24, 2.45) is 11.3 Å². The normalized spacial score (nSPS) is 13.7. The molecule has 0 bridgehead atoms. The highest BCUT2D eigenvalue weighted by atomic mass is 19.1. The van der Waals surface area contributed by atoms with Gasteiger partial charge in [-0.15, -0.1) is 0 Å². The minimum atomic E-state index is -0.693. The number of carbonyl (C=O) groups excluding carboxylic acids is 1. The molecule has 2 rings (SSSR count). The van der Waals surface area contributed by atoms with Crippen LogP contribution in [0.15, 0.2) is 47.9 Å². The van der Waals surface area contributed by atoms with Crippen molar-refractivity contribution in [2.45, 2.75) is 53.9 Å². The van der Waals surface area contributed by atoms with Crippen molar-refractivity contribution in [1.29, 1.82) is 0 Å². The second-order valence-corrected chi connectivity index (χ2v) is 7.88. The van der Waals surface area contributed by atoms with Crippen LogP contribution in [0.3, 0.4) is 0 Å². The van der Waals surface area contributed by atoms with E-state index < -0.39 is 5.41 Å². The van der Waals surface area contributed by atoms with Gasteiger partial charge in [0.25, 0.3) is 0 Å². The Hall–Kier alpha value is -2.03. The van der Waals surface area contributed by atoms with Crippen LogP contribution < -0.4 is 0 Å². The molecule has 0 aliphatic rings. The van der Waals surface area contributed by atoms with Crippen LogP contribution >= 0.6 is 0 Å². The van der Waals surface area contributed by atoms with Gasteiger partial charge in [-0.2, -0.15) is 0 Å². The summed E-state index contributed by atoms with van der Waals surface area (Å²) in [4.78, 5) is 17.5. The first-order valence-corrected chi connectivity index (χ1v) is 8.90. The van der Waals surface area contributed by atoms with E-state index in [9.17, 15) is 9.18 Å². The zero-order valence-corrected chi connectivity index (χ0v) is 15.9. The van der Waals surface area contributed by atoms with E-state index in [2.05, 4.69) is 18.8 Å². The van der Waals surface area contributed by atoms with E-state index in [1.807, 2.05) is 37.3 Å². The van der Waals surface area contributed by atoms with Crippen LogP contribution in [0.1, 0.15) is 53.0 Å². The predicted molar refractivity (Wildman–Crippen MR) is 102 cm³/mol. The van der Waals surface area contributed by atoms with Crippen molar-refractivity contribution in [3.63, 3.8) is 0 Å². The summed E-state index contributed by atoms with van der Waals surface area (Å²) in [6.07, 6.45) is 2.89. The number of halogens is 1. The summed E-state index contributed by atoms with van der Waals surface area (Å²) in [5.41, 5.74) is 1.76. The van der Waals surface area contributed by atoms with E-state index in [-0.39, 0.29) is 24.5 Å². The van der Waals surface area contributed by atoms with E-state index in [4.69, 9.17) is 0 Å². The van der Waals surface area contributed by atoms with Crippen LogP contribution in [0, 0.1) is 11.3 Å². The molecule has 0 aliphatic heterocycles. The lowest BCUT2D eigenvalue weighted by Crippen LogP contribution is -2.31. The van der Waals surface area contributed by atoms with Crippen LogP contribution in [0.5, 0.6) is 0 Å². The van der Waals surface area contributed by atoms with Gasteiger partial charge in [-0.05, 0) is 49.5 Å². The Kier molecular flexibility index (Phi) is 6.10. The summed E-state index contributed by atoms with van der Waals surface area (Å²) in [5.74, 6) is 0.233. The van der Waals surface area contributed by atoms with E-state index in [0.29, 0.717) is 17.9 Å². The van der Waals surface area contributed by atoms with Crippen molar-refractivity contribution in [2.75, 3.05) is 0 Å². The summed E-state index contributed by atoms with van der Waals surface area (Å²) < 4.78 is 14.3. The Balaban J connectivity index is 2.27. The van der Waals surface area contributed by atoms with E-state index in [0.717, 1.165) is 16.5 Å². The fourth-order valence-electron chi connectivity index (χ4n) is 3.32. The maximum absolute atomic E-state index is 14.3. The van der Waals surface area contributed by atoms with Crippen molar-refractivity contribution in [3.05, 3.63) is 53.5 Å². The van der Waals surface area contributed by atoms with Gasteiger partial charge in [0.1, 0.15) is 5.78 Å². The highest BCUT2D eigenvalue weighted by molar-refractivity contribution is 5.88. The molecule has 1 atom stereocenters. The molecule has 134 valence electrons. The second-order valence-electron chi connectivity index (χ2n) is 7.88. The molecule has 0 fully saturated rings. The molecule has 0 aliphatic carbocycles. The quantitative estimate of drug-likeness (QED) is 0.613. The Morgan fingerprint density at radius 1 is 1.24 bits per heavy atom. The molecule has 1 aromatic heterocycles. The molecule has 0 radical (unpaired) electrons. The number of para-hydroxylation sites is 1. The first-order chi connectivity index (χ1) is 11.7. The third kappa shape index (κ3) is 4.97. The van der Waals surface area contributed by atoms with Crippen LogP contribution in [-0.4, -0.2) is 10.8 Å². The molecular weight excluding hydrogens is 313 g/mol. The summed E-state index contributed by atoms with van der Waals surface area (Å²) in [6.45, 7) is 9.55. The average molecular weight is 341 g/mol. The maximum Gasteiger partial charge on any atom is 0.143 e. The number of Topliss-reactive ketones (excluding diaryl/α,β-unsaturated/α-hetero) is 1. The van der Waals surface area contributed by atoms with Gasteiger partial charge in [-0.25, -0.2) is 4.39 Å². The number of ketones is 1. The number of aromatic nitrogens is 1. The molecule has 0 saturated heterocycles. The number of hydrogen-bond acceptors (Lipinski definition) is 2. The molecule has 3 heteroatoms. The number of rotatable bonds is 7. The molecule has 1 unspecified atom stereocenters. The Morgan fingerprint density at radius 2 is 1.92 bits per heavy atom. The number of nitrogens with zero attached hydrogens (tertiary/aromatic N) is 1. The number of carbonyl (C=O) groups is 1. The monoisotopic (exact) mass is 341 g/mol. The Morgan fingerprint density at radius 3 is 2.56 bits per heavy atom. The highest BCUT2D eigenvalue weighted by Crippen LogP contribution is 2.36. The number of allylic oxidation sites excluding steroid dienone is 2. The maximum atomic E-state index is 14.3. The van der Waals surface area contributed by atoms with E-state index in [1.54, 1.807) is 20.0 Å². The zero-order valence-electron chi connectivity index (χ0n) is 15.9. The smallest absolute Gasteiger partial charge is 0.143 e. The first kappa shape index (κ1) is 19.3. The predicted octanol–water partition coefficient (Wildman–Crippen LogP) is 6.05. The lowest BCUT2D eigenvalue weighted by Gasteiger charge is -2.30. The van der Waals surface area contributed by atoms with Crippen LogP contribution in [0.2, 0.25) is 0 Å². The molecule has 1 heterocycles. The first-order valence-electron chi connectivity index (χ1n) is 8.90. The molecule has 25 heavy (non-hydrogen) atoms. The minimum absolute atomic E-state index is 0.0784. The van der Waals surface area contributed by atoms with E-state index >= 15 is 0 Å². The van der Waals surface area contributed by atoms with Crippen LogP contribution in [0.4, 0.5) is 4.39 Å². The molecule has 1 aromatic carbocycles. The molecule has 0 amide bonds. The van der Waals surface area contributed by atoms with Gasteiger partial charge in [0.2, 0.25) is 0 Å². The molecule has 2 nitrogen and oxygen atoms in total. The van der Waals surface area contributed by atoms with Gasteiger partial charge in [0, 0.05) is 29.8 Å². The zero-order chi connectivity index (χ0) is 18.6. The SMILES string of the molecule is CC(C)=C(F)CC(C)(CC(C)C)C(=O)Cc1cnc2ccccc2c1. The van der Waals surface area contributed by atoms with Gasteiger partial charge in [-0.1, -0.05) is 39.0 Å². The van der Waals surface area contributed by atoms with E-state index in [1.165, 1.54) is 0 Å². The number of fused-ring (bicyclic) bond motifs is 1. The van der Waals surface area contributed by atoms with Gasteiger partial charge >= 0.3 is 0 Å². The number of benzene rings is 1. The fourth-order valence-corrected chi connectivity index (χ4v) is 3.32. The third-order valence-electron chi connectivity index (χ3n) is 4.63. The minimum Gasteiger partial charge on any atom is -0.299 e. The average Bonchev–Trinajstić information content (AvgIpc) is 2.53.